The summed E-state index contributed by atoms with van der Waals surface area (Å²) in [6, 6.07) is 28.2. The van der Waals surface area contributed by atoms with Gasteiger partial charge in [0.25, 0.3) is 6.08 Å². The van der Waals surface area contributed by atoms with Gasteiger partial charge in [0, 0.05) is 11.1 Å². The average Bonchev–Trinajstić information content (AvgIpc) is 3.18. The number of halogens is 1. The number of hydrogen-bond donors (Lipinski definition) is 1. The third kappa shape index (κ3) is 3.71. The maximum absolute atomic E-state index is 15.4. The number of aliphatic hydroxyl groups excluding tert-OH is 1. The fourth-order valence-electron chi connectivity index (χ4n) is 3.96. The van der Waals surface area contributed by atoms with Crippen LogP contribution in [0.25, 0.3) is 0 Å². The van der Waals surface area contributed by atoms with Crippen molar-refractivity contribution in [3.05, 3.63) is 136 Å². The maximum Gasteiger partial charge on any atom is 0.290 e. The van der Waals surface area contributed by atoms with E-state index in [9.17, 15) is 15.2 Å². The summed E-state index contributed by atoms with van der Waals surface area (Å²) in [6.45, 7) is -0.758. The molecule has 0 aliphatic heterocycles. The molecule has 0 fully saturated rings. The lowest BCUT2D eigenvalue weighted by Gasteiger charge is -2.37. The lowest BCUT2D eigenvalue weighted by Crippen LogP contribution is -2.38. The fourth-order valence-corrected chi connectivity index (χ4v) is 3.96. The molecule has 0 radical (unpaired) electrons. The van der Waals surface area contributed by atoms with Crippen LogP contribution in [-0.2, 0) is 5.54 Å². The van der Waals surface area contributed by atoms with Crippen LogP contribution in [0.15, 0.2) is 97.2 Å². The van der Waals surface area contributed by atoms with Crippen LogP contribution in [0.1, 0.15) is 28.5 Å². The Morgan fingerprint density at radius 1 is 0.903 bits per heavy atom. The van der Waals surface area contributed by atoms with E-state index in [4.69, 9.17) is 0 Å². The van der Waals surface area contributed by atoms with E-state index >= 15 is 4.39 Å². The van der Waals surface area contributed by atoms with Crippen molar-refractivity contribution in [3.63, 3.8) is 0 Å². The highest BCUT2D eigenvalue weighted by molar-refractivity contribution is 5.50. The average molecular weight is 417 g/mol. The van der Waals surface area contributed by atoms with Crippen LogP contribution in [0, 0.1) is 16.2 Å². The quantitative estimate of drug-likeness (QED) is 0.278. The number of rotatable bonds is 7. The molecule has 0 aliphatic carbocycles. The van der Waals surface area contributed by atoms with Crippen LogP contribution in [0.2, 0.25) is 0 Å². The highest BCUT2D eigenvalue weighted by Gasteiger charge is 2.41. The van der Waals surface area contributed by atoms with Gasteiger partial charge in [-0.25, -0.2) is 4.98 Å². The molecule has 0 spiro atoms. The van der Waals surface area contributed by atoms with Crippen molar-refractivity contribution in [1.82, 2.24) is 9.55 Å². The summed E-state index contributed by atoms with van der Waals surface area (Å²) in [5, 5.41) is 21.1. The van der Waals surface area contributed by atoms with Crippen molar-refractivity contribution in [3.8, 4) is 0 Å². The summed E-state index contributed by atoms with van der Waals surface area (Å²) in [7, 11) is 0. The summed E-state index contributed by atoms with van der Waals surface area (Å²) in [6.07, 6.45) is -1.02. The number of benzene rings is 3. The second kappa shape index (κ2) is 8.49. The van der Waals surface area contributed by atoms with Gasteiger partial charge in [0.2, 0.25) is 6.54 Å². The van der Waals surface area contributed by atoms with E-state index in [0.717, 1.165) is 16.7 Å². The SMILES string of the molecule is O=[N+]([O-])CC(O)c1cn(C(c2ccccc2)(c2ccccc2)c2ccccc2)c(F)n1. The predicted molar refractivity (Wildman–Crippen MR) is 114 cm³/mol. The van der Waals surface area contributed by atoms with Crippen LogP contribution in [-0.4, -0.2) is 26.1 Å². The number of hydrogen-bond acceptors (Lipinski definition) is 4. The molecule has 4 rings (SSSR count). The van der Waals surface area contributed by atoms with Gasteiger partial charge >= 0.3 is 0 Å². The summed E-state index contributed by atoms with van der Waals surface area (Å²) in [5.74, 6) is 0. The van der Waals surface area contributed by atoms with Crippen LogP contribution >= 0.6 is 0 Å². The molecule has 1 aromatic heterocycles. The molecule has 0 bridgehead atoms. The van der Waals surface area contributed by atoms with Gasteiger partial charge < -0.3 is 5.11 Å². The van der Waals surface area contributed by atoms with Gasteiger partial charge in [0.15, 0.2) is 6.10 Å². The number of imidazole rings is 1. The Balaban J connectivity index is 2.05. The van der Waals surface area contributed by atoms with Crippen molar-refractivity contribution >= 4 is 0 Å². The molecule has 6 nitrogen and oxygen atoms in total. The Kier molecular flexibility index (Phi) is 5.60. The lowest BCUT2D eigenvalue weighted by molar-refractivity contribution is -0.491. The van der Waals surface area contributed by atoms with Gasteiger partial charge in [0.05, 0.1) is 5.69 Å². The maximum atomic E-state index is 15.4. The molecule has 1 unspecified atom stereocenters. The largest absolute Gasteiger partial charge is 0.380 e. The summed E-state index contributed by atoms with van der Waals surface area (Å²) >= 11 is 0. The molecule has 1 heterocycles. The molecule has 0 amide bonds. The van der Waals surface area contributed by atoms with Crippen molar-refractivity contribution in [2.75, 3.05) is 6.54 Å². The molecule has 3 aromatic carbocycles. The molecule has 0 saturated carbocycles. The Hall–Kier alpha value is -3.84. The van der Waals surface area contributed by atoms with Gasteiger partial charge in [-0.2, -0.15) is 4.39 Å². The Morgan fingerprint density at radius 3 is 1.71 bits per heavy atom. The van der Waals surface area contributed by atoms with Crippen LogP contribution < -0.4 is 0 Å². The van der Waals surface area contributed by atoms with Crippen molar-refractivity contribution in [1.29, 1.82) is 0 Å². The minimum Gasteiger partial charge on any atom is -0.380 e. The third-order valence-corrected chi connectivity index (χ3v) is 5.28. The number of nitrogens with zero attached hydrogens (tertiary/aromatic N) is 3. The zero-order valence-electron chi connectivity index (χ0n) is 16.5. The van der Waals surface area contributed by atoms with Crippen LogP contribution in [0.4, 0.5) is 4.39 Å². The van der Waals surface area contributed by atoms with E-state index in [0.29, 0.717) is 0 Å². The second-order valence-electron chi connectivity index (χ2n) is 7.14. The van der Waals surface area contributed by atoms with E-state index < -0.39 is 29.2 Å². The topological polar surface area (TPSA) is 81.2 Å². The Labute approximate surface area is 178 Å². The van der Waals surface area contributed by atoms with Crippen molar-refractivity contribution < 1.29 is 14.4 Å². The molecule has 4 aromatic rings. The first-order valence-corrected chi connectivity index (χ1v) is 9.75. The summed E-state index contributed by atoms with van der Waals surface area (Å²) in [5.41, 5.74) is 1.09. The minimum absolute atomic E-state index is 0.0960. The lowest BCUT2D eigenvalue weighted by atomic mass is 9.76. The molecule has 1 atom stereocenters. The van der Waals surface area contributed by atoms with Gasteiger partial charge in [-0.1, -0.05) is 91.0 Å². The first kappa shape index (κ1) is 20.4. The molecule has 31 heavy (non-hydrogen) atoms. The zero-order chi connectivity index (χ0) is 21.8. The minimum atomic E-state index is -1.52. The summed E-state index contributed by atoms with van der Waals surface area (Å²) in [4.78, 5) is 14.0. The van der Waals surface area contributed by atoms with E-state index in [-0.39, 0.29) is 5.69 Å². The van der Waals surface area contributed by atoms with Crippen molar-refractivity contribution in [2.45, 2.75) is 11.6 Å². The Morgan fingerprint density at radius 2 is 1.32 bits per heavy atom. The fraction of sp³-hybridized carbons (Fsp3) is 0.125. The van der Waals surface area contributed by atoms with Gasteiger partial charge in [-0.3, -0.25) is 14.7 Å². The molecule has 0 aliphatic rings. The van der Waals surface area contributed by atoms with Gasteiger partial charge in [0.1, 0.15) is 5.54 Å². The Bertz CT molecular complexity index is 1070. The van der Waals surface area contributed by atoms with E-state index in [2.05, 4.69) is 4.98 Å². The standard InChI is InChI=1S/C24H20FN3O3/c25-23-26-21(22(29)17-28(30)31)16-27(23)24(18-10-4-1-5-11-18,19-12-6-2-7-13-19)20-14-8-3-9-15-20/h1-16,22,29H,17H2. The highest BCUT2D eigenvalue weighted by atomic mass is 19.1. The molecule has 1 N–H and O–H groups in total. The molecule has 156 valence electrons. The summed E-state index contributed by atoms with van der Waals surface area (Å²) < 4.78 is 16.8. The van der Waals surface area contributed by atoms with Crippen LogP contribution in [0.3, 0.4) is 0 Å². The molecular weight excluding hydrogens is 397 g/mol. The monoisotopic (exact) mass is 417 g/mol. The van der Waals surface area contributed by atoms with Crippen LogP contribution in [0.5, 0.6) is 0 Å². The predicted octanol–water partition coefficient (Wildman–Crippen LogP) is 4.17. The van der Waals surface area contributed by atoms with Gasteiger partial charge in [-0.05, 0) is 16.7 Å². The molecule has 7 heteroatoms. The number of nitro groups is 1. The smallest absolute Gasteiger partial charge is 0.290 e. The first-order valence-electron chi connectivity index (χ1n) is 9.75. The first-order chi connectivity index (χ1) is 15.0. The van der Waals surface area contributed by atoms with E-state index in [1.54, 1.807) is 0 Å². The highest BCUT2D eigenvalue weighted by Crippen LogP contribution is 2.41. The zero-order valence-corrected chi connectivity index (χ0v) is 16.5. The number of aromatic nitrogens is 2. The van der Waals surface area contributed by atoms with E-state index in [1.807, 2.05) is 91.0 Å². The normalized spacial score (nSPS) is 12.5. The molecule has 0 saturated heterocycles. The van der Waals surface area contributed by atoms with Gasteiger partial charge in [-0.15, -0.1) is 0 Å². The second-order valence-corrected chi connectivity index (χ2v) is 7.14. The third-order valence-electron chi connectivity index (χ3n) is 5.28. The van der Waals surface area contributed by atoms with Crippen molar-refractivity contribution in [2.24, 2.45) is 0 Å². The molecular formula is C24H20FN3O3. The van der Waals surface area contributed by atoms with E-state index in [1.165, 1.54) is 10.8 Å². The number of aliphatic hydroxyl groups is 1.